The number of hydrogen-bond acceptors (Lipinski definition) is 4. The lowest BCUT2D eigenvalue weighted by atomic mass is 10.1. The van der Waals surface area contributed by atoms with Crippen molar-refractivity contribution in [2.75, 3.05) is 14.2 Å². The van der Waals surface area contributed by atoms with E-state index in [-0.39, 0.29) is 0 Å². The number of benzene rings is 1. The number of hydrogen-bond donors (Lipinski definition) is 0. The molecule has 2 rings (SSSR count). The number of esters is 1. The molecule has 86 valence electrons. The fourth-order valence-corrected chi connectivity index (χ4v) is 1.63. The molecule has 4 heteroatoms. The van der Waals surface area contributed by atoms with Gasteiger partial charge in [-0.25, -0.2) is 9.78 Å². The van der Waals surface area contributed by atoms with Crippen LogP contribution in [0.3, 0.4) is 0 Å². The van der Waals surface area contributed by atoms with Crippen LogP contribution in [0.1, 0.15) is 16.1 Å². The van der Waals surface area contributed by atoms with E-state index >= 15 is 0 Å². The predicted octanol–water partition coefficient (Wildman–Crippen LogP) is 2.07. The number of ether oxygens (including phenoxy) is 1. The first-order valence-corrected chi connectivity index (χ1v) is 5.16. The van der Waals surface area contributed by atoms with E-state index in [1.54, 1.807) is 19.3 Å². The van der Waals surface area contributed by atoms with Crippen LogP contribution in [-0.4, -0.2) is 31.3 Å². The maximum Gasteiger partial charge on any atom is 0.356 e. The quantitative estimate of drug-likeness (QED) is 0.584. The molecule has 1 aromatic carbocycles. The lowest BCUT2D eigenvalue weighted by Gasteiger charge is -2.03. The summed E-state index contributed by atoms with van der Waals surface area (Å²) >= 11 is 0. The van der Waals surface area contributed by atoms with Crippen LogP contribution in [0.5, 0.6) is 0 Å². The molecular formula is C13H12N2O2. The predicted molar refractivity (Wildman–Crippen MR) is 66.6 cm³/mol. The van der Waals surface area contributed by atoms with Gasteiger partial charge < -0.3 is 4.74 Å². The topological polar surface area (TPSA) is 51.5 Å². The van der Waals surface area contributed by atoms with Gasteiger partial charge in [-0.2, -0.15) is 0 Å². The van der Waals surface area contributed by atoms with E-state index < -0.39 is 5.97 Å². The van der Waals surface area contributed by atoms with Crippen LogP contribution in [0.2, 0.25) is 0 Å². The van der Waals surface area contributed by atoms with Crippen LogP contribution in [0.15, 0.2) is 35.3 Å². The van der Waals surface area contributed by atoms with Gasteiger partial charge in [0.1, 0.15) is 5.69 Å². The largest absolute Gasteiger partial charge is 0.464 e. The Labute approximate surface area is 99.0 Å². The molecule has 0 radical (unpaired) electrons. The highest BCUT2D eigenvalue weighted by molar-refractivity contribution is 5.99. The highest BCUT2D eigenvalue weighted by Gasteiger charge is 2.09. The monoisotopic (exact) mass is 228 g/mol. The van der Waals surface area contributed by atoms with Crippen LogP contribution in [0.25, 0.3) is 10.9 Å². The maximum absolute atomic E-state index is 11.4. The van der Waals surface area contributed by atoms with E-state index in [2.05, 4.69) is 14.7 Å². The van der Waals surface area contributed by atoms with Crippen molar-refractivity contribution in [1.29, 1.82) is 0 Å². The summed E-state index contributed by atoms with van der Waals surface area (Å²) in [6, 6.07) is 9.28. The van der Waals surface area contributed by atoms with Crippen LogP contribution in [0, 0.1) is 0 Å². The molecule has 0 fully saturated rings. The Morgan fingerprint density at radius 2 is 2.18 bits per heavy atom. The highest BCUT2D eigenvalue weighted by atomic mass is 16.5. The van der Waals surface area contributed by atoms with Gasteiger partial charge in [0.05, 0.1) is 12.6 Å². The van der Waals surface area contributed by atoms with E-state index in [9.17, 15) is 4.79 Å². The summed E-state index contributed by atoms with van der Waals surface area (Å²) in [7, 11) is 3.04. The second kappa shape index (κ2) is 4.74. The molecule has 0 saturated heterocycles. The Bertz CT molecular complexity index is 591. The van der Waals surface area contributed by atoms with Crippen molar-refractivity contribution in [1.82, 2.24) is 4.98 Å². The molecule has 0 aliphatic carbocycles. The third-order valence-electron chi connectivity index (χ3n) is 2.41. The van der Waals surface area contributed by atoms with Gasteiger partial charge >= 0.3 is 5.97 Å². The zero-order chi connectivity index (χ0) is 12.3. The summed E-state index contributed by atoms with van der Waals surface area (Å²) in [5, 5.41) is 0.968. The lowest BCUT2D eigenvalue weighted by Crippen LogP contribution is -2.04. The number of rotatable bonds is 2. The molecule has 17 heavy (non-hydrogen) atoms. The molecule has 0 N–H and O–H groups in total. The minimum absolute atomic E-state index is 0.303. The molecule has 0 bridgehead atoms. The van der Waals surface area contributed by atoms with Gasteiger partial charge in [-0.15, -0.1) is 0 Å². The number of fused-ring (bicyclic) bond motifs is 1. The zero-order valence-corrected chi connectivity index (χ0v) is 9.68. The number of aromatic nitrogens is 1. The Morgan fingerprint density at radius 1 is 1.35 bits per heavy atom. The van der Waals surface area contributed by atoms with E-state index in [4.69, 9.17) is 0 Å². The molecule has 0 spiro atoms. The molecular weight excluding hydrogens is 216 g/mol. The number of carbonyl (C=O) groups is 1. The number of aliphatic imine (C=N–C) groups is 1. The molecule has 2 aromatic rings. The van der Waals surface area contributed by atoms with Gasteiger partial charge in [-0.3, -0.25) is 4.99 Å². The molecule has 0 aliphatic rings. The molecule has 1 heterocycles. The standard InChI is InChI=1S/C13H12N2O2/c1-14-8-10-5-3-4-9-6-7-11(13(16)17-2)15-12(9)10/h3-8H,1-2H3. The van der Waals surface area contributed by atoms with E-state index in [0.29, 0.717) is 5.69 Å². The fourth-order valence-electron chi connectivity index (χ4n) is 1.63. The first-order chi connectivity index (χ1) is 8.26. The fraction of sp³-hybridized carbons (Fsp3) is 0.154. The van der Waals surface area contributed by atoms with Gasteiger partial charge in [-0.05, 0) is 6.07 Å². The highest BCUT2D eigenvalue weighted by Crippen LogP contribution is 2.16. The molecule has 0 saturated carbocycles. The summed E-state index contributed by atoms with van der Waals surface area (Å²) in [4.78, 5) is 19.7. The second-order valence-corrected chi connectivity index (χ2v) is 3.49. The Morgan fingerprint density at radius 3 is 2.88 bits per heavy atom. The van der Waals surface area contributed by atoms with Crippen molar-refractivity contribution < 1.29 is 9.53 Å². The Balaban J connectivity index is 2.65. The van der Waals surface area contributed by atoms with E-state index in [1.807, 2.05) is 24.3 Å². The van der Waals surface area contributed by atoms with Crippen molar-refractivity contribution >= 4 is 23.1 Å². The molecule has 0 unspecified atom stereocenters. The Hall–Kier alpha value is -2.23. The number of pyridine rings is 1. The van der Waals surface area contributed by atoms with Gasteiger partial charge in [-0.1, -0.05) is 24.3 Å². The SMILES string of the molecule is CN=Cc1cccc2ccc(C(=O)OC)nc12. The van der Waals surface area contributed by atoms with Crippen molar-refractivity contribution in [3.8, 4) is 0 Å². The van der Waals surface area contributed by atoms with Crippen molar-refractivity contribution in [3.05, 3.63) is 41.6 Å². The summed E-state index contributed by atoms with van der Waals surface area (Å²) < 4.78 is 4.65. The zero-order valence-electron chi connectivity index (χ0n) is 9.68. The molecule has 4 nitrogen and oxygen atoms in total. The van der Waals surface area contributed by atoms with Gasteiger partial charge in [0.25, 0.3) is 0 Å². The van der Waals surface area contributed by atoms with Gasteiger partial charge in [0.15, 0.2) is 0 Å². The van der Waals surface area contributed by atoms with Crippen molar-refractivity contribution in [2.24, 2.45) is 4.99 Å². The van der Waals surface area contributed by atoms with Crippen LogP contribution in [0.4, 0.5) is 0 Å². The smallest absolute Gasteiger partial charge is 0.356 e. The third kappa shape index (κ3) is 2.15. The summed E-state index contributed by atoms with van der Waals surface area (Å²) in [5.41, 5.74) is 1.94. The van der Waals surface area contributed by atoms with E-state index in [1.165, 1.54) is 7.11 Å². The molecule has 1 aromatic heterocycles. The molecule has 0 amide bonds. The summed E-state index contributed by atoms with van der Waals surface area (Å²) in [6.45, 7) is 0. The number of para-hydroxylation sites is 1. The van der Waals surface area contributed by atoms with Crippen LogP contribution >= 0.6 is 0 Å². The number of methoxy groups -OCH3 is 1. The normalized spacial score (nSPS) is 10.9. The van der Waals surface area contributed by atoms with Gasteiger partial charge in [0.2, 0.25) is 0 Å². The summed E-state index contributed by atoms with van der Waals surface area (Å²) in [6.07, 6.45) is 1.72. The summed E-state index contributed by atoms with van der Waals surface area (Å²) in [5.74, 6) is -0.435. The van der Waals surface area contributed by atoms with Crippen molar-refractivity contribution in [3.63, 3.8) is 0 Å². The minimum Gasteiger partial charge on any atom is -0.464 e. The Kier molecular flexibility index (Phi) is 3.14. The van der Waals surface area contributed by atoms with Gasteiger partial charge in [0, 0.05) is 24.2 Å². The number of nitrogens with zero attached hydrogens (tertiary/aromatic N) is 2. The minimum atomic E-state index is -0.435. The molecule has 0 atom stereocenters. The second-order valence-electron chi connectivity index (χ2n) is 3.49. The van der Waals surface area contributed by atoms with Crippen LogP contribution < -0.4 is 0 Å². The number of carbonyl (C=O) groups excluding carboxylic acids is 1. The third-order valence-corrected chi connectivity index (χ3v) is 2.41. The average molecular weight is 228 g/mol. The maximum atomic E-state index is 11.4. The van der Waals surface area contributed by atoms with Crippen molar-refractivity contribution in [2.45, 2.75) is 0 Å². The average Bonchev–Trinajstić information content (AvgIpc) is 2.38. The lowest BCUT2D eigenvalue weighted by molar-refractivity contribution is 0.0594. The first-order valence-electron chi connectivity index (χ1n) is 5.16. The van der Waals surface area contributed by atoms with Crippen LogP contribution in [-0.2, 0) is 4.74 Å². The van der Waals surface area contributed by atoms with E-state index in [0.717, 1.165) is 16.5 Å². The first kappa shape index (κ1) is 11.3. The molecule has 0 aliphatic heterocycles.